The third kappa shape index (κ3) is 9.12. The van der Waals surface area contributed by atoms with Gasteiger partial charge in [0.05, 0.1) is 45.4 Å². The number of para-hydroxylation sites is 1. The normalized spacial score (nSPS) is 22.7. The molecule has 16 nitrogen and oxygen atoms in total. The number of fused-ring (bicyclic) bond motifs is 4. The molecule has 3 amide bonds. The van der Waals surface area contributed by atoms with Crippen LogP contribution in [0.1, 0.15) is 90.1 Å². The summed E-state index contributed by atoms with van der Waals surface area (Å²) in [5.74, 6) is 2.51. The summed E-state index contributed by atoms with van der Waals surface area (Å²) in [6.45, 7) is -0.767. The number of aromatic nitrogens is 1. The number of esters is 1. The molecule has 17 heteroatoms. The lowest BCUT2D eigenvalue weighted by molar-refractivity contribution is -0.384. The van der Waals surface area contributed by atoms with Gasteiger partial charge in [-0.1, -0.05) is 121 Å². The van der Waals surface area contributed by atoms with Gasteiger partial charge in [-0.15, -0.1) is 0 Å². The number of nitrogens with one attached hydrogen (secondary N) is 1. The fourth-order valence-electron chi connectivity index (χ4n) is 11.6. The van der Waals surface area contributed by atoms with E-state index in [-0.39, 0.29) is 35.3 Å². The Morgan fingerprint density at radius 1 is 0.829 bits per heavy atom. The van der Waals surface area contributed by atoms with Crippen molar-refractivity contribution in [1.82, 2.24) is 9.88 Å². The number of hydrogen-bond donors (Lipinski definition) is 3. The zero-order chi connectivity index (χ0) is 52.6. The lowest BCUT2D eigenvalue weighted by atomic mass is 9.65. The topological polar surface area (TPSA) is 211 Å². The Balaban J connectivity index is 1.17. The van der Waals surface area contributed by atoms with E-state index in [4.69, 9.17) is 19.2 Å². The molecule has 7 aromatic rings. The van der Waals surface area contributed by atoms with Gasteiger partial charge in [-0.25, -0.2) is 14.7 Å². The zero-order valence-electron chi connectivity index (χ0n) is 41.0. The molecular weight excluding hydrogens is 987 g/mol. The van der Waals surface area contributed by atoms with E-state index in [0.29, 0.717) is 51.9 Å². The number of thiazole rings is 1. The number of benzene rings is 6. The molecule has 384 valence electrons. The molecule has 0 radical (unpaired) electrons. The van der Waals surface area contributed by atoms with Gasteiger partial charge in [0.2, 0.25) is 11.8 Å². The highest BCUT2D eigenvalue weighted by atomic mass is 32.1. The van der Waals surface area contributed by atoms with E-state index in [1.165, 1.54) is 35.6 Å². The first-order chi connectivity index (χ1) is 37.0. The number of rotatable bonds is 11. The number of aliphatic hydroxyl groups excluding tert-OH is 1. The number of anilines is 2. The smallest absolute Gasteiger partial charge is 0.421 e. The summed E-state index contributed by atoms with van der Waals surface area (Å²) in [5, 5.41) is 36.4. The van der Waals surface area contributed by atoms with Gasteiger partial charge in [0.25, 0.3) is 5.69 Å². The second-order valence-electron chi connectivity index (χ2n) is 19.4. The van der Waals surface area contributed by atoms with Gasteiger partial charge in [-0.05, 0) is 108 Å². The van der Waals surface area contributed by atoms with E-state index in [9.17, 15) is 20.3 Å². The van der Waals surface area contributed by atoms with Crippen LogP contribution in [0.2, 0.25) is 0 Å². The third-order valence-electron chi connectivity index (χ3n) is 14.9. The Bertz CT molecular complexity index is 3390. The van der Waals surface area contributed by atoms with Crippen molar-refractivity contribution in [3.05, 3.63) is 195 Å². The maximum atomic E-state index is 16.8. The first kappa shape index (κ1) is 49.9. The summed E-state index contributed by atoms with van der Waals surface area (Å²) in [6, 6.07) is 39.4. The van der Waals surface area contributed by atoms with Crippen molar-refractivity contribution in [2.24, 2.45) is 5.92 Å². The van der Waals surface area contributed by atoms with Crippen LogP contribution in [0.5, 0.6) is 5.75 Å². The number of hydrogen-bond acceptors (Lipinski definition) is 14. The molecule has 6 aromatic carbocycles. The molecule has 76 heavy (non-hydrogen) atoms. The average molecular weight is 1040 g/mol. The molecule has 1 aromatic heterocycles. The maximum absolute atomic E-state index is 16.8. The number of nitro benzene ring substituents is 1. The van der Waals surface area contributed by atoms with Gasteiger partial charge in [0, 0.05) is 17.7 Å². The average Bonchev–Trinajstić information content (AvgIpc) is 4.22. The van der Waals surface area contributed by atoms with E-state index in [1.54, 1.807) is 48.5 Å². The van der Waals surface area contributed by atoms with E-state index >= 15 is 19.2 Å². The van der Waals surface area contributed by atoms with Crippen LogP contribution in [0.25, 0.3) is 10.2 Å². The van der Waals surface area contributed by atoms with Crippen LogP contribution in [0.15, 0.2) is 152 Å². The van der Waals surface area contributed by atoms with Gasteiger partial charge in [0.1, 0.15) is 42.1 Å². The molecule has 3 aliphatic heterocycles. The number of morpholine rings is 1. The fraction of sp³-hybridized carbons (Fsp3) is 0.271. The summed E-state index contributed by atoms with van der Waals surface area (Å²) in [5.41, 5.74) is -0.328. The van der Waals surface area contributed by atoms with Crippen LogP contribution in [-0.4, -0.2) is 73.8 Å². The zero-order valence-corrected chi connectivity index (χ0v) is 41.8. The number of aliphatic hydroxyl groups is 2. The predicted octanol–water partition coefficient (Wildman–Crippen LogP) is 9.65. The van der Waals surface area contributed by atoms with Crippen LogP contribution in [0.3, 0.4) is 0 Å². The summed E-state index contributed by atoms with van der Waals surface area (Å²) in [4.78, 5) is 82.0. The largest absolute Gasteiger partial charge is 0.491 e. The molecule has 4 aliphatic rings. The number of nitrogens with zero attached hydrogens (tertiary/aromatic N) is 4. The lowest BCUT2D eigenvalue weighted by Gasteiger charge is -2.46. The van der Waals surface area contributed by atoms with Crippen molar-refractivity contribution in [2.45, 2.75) is 80.4 Å². The van der Waals surface area contributed by atoms with E-state index < -0.39 is 76.6 Å². The minimum absolute atomic E-state index is 0.0528. The molecule has 1 aliphatic carbocycles. The molecule has 1 saturated carbocycles. The van der Waals surface area contributed by atoms with Crippen molar-refractivity contribution in [2.75, 3.05) is 23.4 Å². The number of carbonyl (C=O) groups excluding carboxylic acids is 4. The van der Waals surface area contributed by atoms with Crippen molar-refractivity contribution in [1.29, 1.82) is 0 Å². The number of carbonyl (C=O) groups is 4. The van der Waals surface area contributed by atoms with E-state index in [1.807, 2.05) is 83.8 Å². The molecule has 4 heterocycles. The highest BCUT2D eigenvalue weighted by molar-refractivity contribution is 7.22. The van der Waals surface area contributed by atoms with Gasteiger partial charge in [0.15, 0.2) is 5.13 Å². The lowest BCUT2D eigenvalue weighted by Crippen LogP contribution is -2.54. The second kappa shape index (κ2) is 20.8. The van der Waals surface area contributed by atoms with Crippen molar-refractivity contribution in [3.63, 3.8) is 0 Å². The molecule has 11 rings (SSSR count). The molecule has 6 atom stereocenters. The van der Waals surface area contributed by atoms with Crippen LogP contribution in [0, 0.1) is 27.9 Å². The quantitative estimate of drug-likeness (QED) is 0.0363. The Kier molecular flexibility index (Phi) is 13.7. The van der Waals surface area contributed by atoms with Gasteiger partial charge < -0.3 is 29.7 Å². The van der Waals surface area contributed by atoms with Crippen molar-refractivity contribution >= 4 is 61.9 Å². The Morgan fingerprint density at radius 3 is 2.24 bits per heavy atom. The van der Waals surface area contributed by atoms with Crippen molar-refractivity contribution < 1.29 is 48.5 Å². The summed E-state index contributed by atoms with van der Waals surface area (Å²) < 4.78 is 19.4. The van der Waals surface area contributed by atoms with Crippen LogP contribution in [-0.2, 0) is 35.9 Å². The van der Waals surface area contributed by atoms with Crippen molar-refractivity contribution in [3.8, 4) is 17.6 Å². The molecule has 0 bridgehead atoms. The number of cyclic esters (lactones) is 1. The second-order valence-corrected chi connectivity index (χ2v) is 20.5. The maximum Gasteiger partial charge on any atom is 0.421 e. The molecule has 0 unspecified atom stereocenters. The van der Waals surface area contributed by atoms with E-state index in [2.05, 4.69) is 17.2 Å². The van der Waals surface area contributed by atoms with Crippen LogP contribution in [0.4, 0.5) is 21.3 Å². The van der Waals surface area contributed by atoms with Crippen LogP contribution < -0.4 is 15.0 Å². The summed E-state index contributed by atoms with van der Waals surface area (Å²) >= 11 is 1.21. The van der Waals surface area contributed by atoms with E-state index in [0.717, 1.165) is 35.3 Å². The highest BCUT2D eigenvalue weighted by Gasteiger charge is 2.76. The summed E-state index contributed by atoms with van der Waals surface area (Å²) in [7, 11) is 0. The molecular formula is C59H51N5O11S. The minimum Gasteiger partial charge on any atom is -0.491 e. The first-order valence-electron chi connectivity index (χ1n) is 25.2. The standard InChI is InChI=1S/C59H51N5O11S/c65-32-33-73-43-19-13-18-41(35-43)52-59(44-34-37(28-31-58(70)29-11-1-2-12-30-58)24-27-46(44)62(55(59)68)57(69)74-36-38-22-25-42(26-23-38)64(71)72)48(53(66)61-56-60-45-20-9-10-21-47(45)76-56)50-54(67)75-51(40-16-7-4-8-17-40)49(63(50)52)39-14-5-3-6-15-39/h3-10,13-27,34-35,48-52,65,70H,1-2,11-12,29-30,32-33,36H2,(H,60,61,66)/t48-,49-,50-,51+,52+,59-/m0/s1. The number of amides is 3. The molecule has 1 spiro atoms. The minimum atomic E-state index is -2.21. The third-order valence-corrected chi connectivity index (χ3v) is 15.8. The predicted molar refractivity (Wildman–Crippen MR) is 282 cm³/mol. The molecule has 3 N–H and O–H groups in total. The number of non-ortho nitro benzene ring substituents is 1. The fourth-order valence-corrected chi connectivity index (χ4v) is 12.4. The molecule has 2 saturated heterocycles. The summed E-state index contributed by atoms with van der Waals surface area (Å²) in [6.07, 6.45) is 2.33. The number of imide groups is 1. The SMILES string of the molecule is O=C1O[C@H](c2ccccc2)[C@H](c2ccccc2)N2[C@H]1[C@@H](C(=O)Nc1nc3ccccc3s1)[C@]1(C(=O)N(C(=O)OCc3ccc([N+](=O)[O-])cc3)c3ccc(C#CC4(O)CCCCCC4)cc31)[C@H]2c1cccc(OCCO)c1. The van der Waals surface area contributed by atoms with Gasteiger partial charge >= 0.3 is 12.1 Å². The Morgan fingerprint density at radius 2 is 1.53 bits per heavy atom. The van der Waals surface area contributed by atoms with Crippen LogP contribution >= 0.6 is 11.3 Å². The first-order valence-corrected chi connectivity index (χ1v) is 26.0. The molecule has 3 fully saturated rings. The van der Waals surface area contributed by atoms with Gasteiger partial charge in [-0.2, -0.15) is 0 Å². The number of nitro groups is 1. The number of ether oxygens (including phenoxy) is 3. The van der Waals surface area contributed by atoms with Gasteiger partial charge in [-0.3, -0.25) is 29.4 Å². The Labute approximate surface area is 441 Å². The highest BCUT2D eigenvalue weighted by Crippen LogP contribution is 2.66. The monoisotopic (exact) mass is 1040 g/mol. The Hall–Kier alpha value is -8.27.